The molecule has 0 bridgehead atoms. The summed E-state index contributed by atoms with van der Waals surface area (Å²) in [6.45, 7) is 3.57. The first-order valence-electron chi connectivity index (χ1n) is 7.53. The molecule has 0 aliphatic carbocycles. The Kier molecular flexibility index (Phi) is 4.11. The van der Waals surface area contributed by atoms with Crippen molar-refractivity contribution in [2.45, 2.75) is 26.0 Å². The number of hydrogen-bond donors (Lipinski definition) is 2. The summed E-state index contributed by atoms with van der Waals surface area (Å²) in [4.78, 5) is 11.1. The van der Waals surface area contributed by atoms with Gasteiger partial charge < -0.3 is 15.8 Å². The van der Waals surface area contributed by atoms with E-state index < -0.39 is 12.0 Å². The van der Waals surface area contributed by atoms with Crippen molar-refractivity contribution < 1.29 is 9.53 Å². The van der Waals surface area contributed by atoms with Gasteiger partial charge in [-0.2, -0.15) is 0 Å². The van der Waals surface area contributed by atoms with Gasteiger partial charge in [0.25, 0.3) is 5.91 Å². The second-order valence-corrected chi connectivity index (χ2v) is 5.56. The van der Waals surface area contributed by atoms with Crippen molar-refractivity contribution in [3.63, 3.8) is 0 Å². The van der Waals surface area contributed by atoms with E-state index in [1.165, 1.54) is 16.7 Å². The number of nitrogens with two attached hydrogens (primary N) is 1. The van der Waals surface area contributed by atoms with Crippen LogP contribution in [0.5, 0.6) is 5.75 Å². The molecule has 0 aromatic heterocycles. The zero-order valence-corrected chi connectivity index (χ0v) is 12.6. The van der Waals surface area contributed by atoms with Crippen LogP contribution in [-0.2, 0) is 17.8 Å². The number of amides is 1. The van der Waals surface area contributed by atoms with Crippen molar-refractivity contribution in [2.24, 2.45) is 5.73 Å². The lowest BCUT2D eigenvalue weighted by Gasteiger charge is -2.21. The van der Waals surface area contributed by atoms with Gasteiger partial charge in [-0.1, -0.05) is 30.3 Å². The van der Waals surface area contributed by atoms with Crippen LogP contribution < -0.4 is 15.8 Å². The van der Waals surface area contributed by atoms with Crippen molar-refractivity contribution in [3.8, 4) is 16.9 Å². The van der Waals surface area contributed by atoms with Gasteiger partial charge in [0.1, 0.15) is 5.75 Å². The summed E-state index contributed by atoms with van der Waals surface area (Å²) in [6, 6.07) is 14.2. The molecule has 4 heteroatoms. The van der Waals surface area contributed by atoms with E-state index in [-0.39, 0.29) is 0 Å². The molecule has 0 radical (unpaired) electrons. The third-order valence-electron chi connectivity index (χ3n) is 4.00. The molecule has 114 valence electrons. The highest BCUT2D eigenvalue weighted by atomic mass is 16.5. The van der Waals surface area contributed by atoms with Gasteiger partial charge in [0.2, 0.25) is 0 Å². The van der Waals surface area contributed by atoms with E-state index in [0.29, 0.717) is 5.75 Å². The Morgan fingerprint density at radius 3 is 2.91 bits per heavy atom. The number of rotatable bonds is 4. The molecule has 2 aromatic carbocycles. The fraction of sp³-hybridized carbons (Fsp3) is 0.278. The maximum Gasteiger partial charge on any atom is 0.258 e. The van der Waals surface area contributed by atoms with E-state index in [0.717, 1.165) is 25.1 Å². The predicted octanol–water partition coefficient (Wildman–Crippen LogP) is 2.25. The summed E-state index contributed by atoms with van der Waals surface area (Å²) in [7, 11) is 0. The maximum absolute atomic E-state index is 11.1. The third kappa shape index (κ3) is 2.97. The minimum atomic E-state index is -0.635. The topological polar surface area (TPSA) is 64.3 Å². The number of hydrogen-bond acceptors (Lipinski definition) is 3. The van der Waals surface area contributed by atoms with Gasteiger partial charge in [-0.3, -0.25) is 4.79 Å². The first kappa shape index (κ1) is 14.6. The van der Waals surface area contributed by atoms with Crippen LogP contribution in [-0.4, -0.2) is 18.6 Å². The van der Waals surface area contributed by atoms with Crippen molar-refractivity contribution in [3.05, 3.63) is 53.6 Å². The first-order valence-corrected chi connectivity index (χ1v) is 7.53. The van der Waals surface area contributed by atoms with Crippen LogP contribution in [0.2, 0.25) is 0 Å². The van der Waals surface area contributed by atoms with E-state index in [9.17, 15) is 4.79 Å². The molecule has 1 amide bonds. The van der Waals surface area contributed by atoms with Crippen LogP contribution in [0.4, 0.5) is 0 Å². The molecule has 3 N–H and O–H groups in total. The molecule has 0 unspecified atom stereocenters. The third-order valence-corrected chi connectivity index (χ3v) is 4.00. The van der Waals surface area contributed by atoms with E-state index in [1.54, 1.807) is 6.92 Å². The number of fused-ring (bicyclic) bond motifs is 1. The Morgan fingerprint density at radius 2 is 2.09 bits per heavy atom. The molecule has 0 fully saturated rings. The molecule has 22 heavy (non-hydrogen) atoms. The zero-order chi connectivity index (χ0) is 15.5. The molecule has 3 rings (SSSR count). The summed E-state index contributed by atoms with van der Waals surface area (Å²) in [6.07, 6.45) is 0.387. The molecule has 1 aliphatic rings. The molecule has 2 aromatic rings. The summed E-state index contributed by atoms with van der Waals surface area (Å²) >= 11 is 0. The molecule has 0 spiro atoms. The molecule has 4 nitrogen and oxygen atoms in total. The van der Waals surface area contributed by atoms with Crippen molar-refractivity contribution in [2.75, 3.05) is 6.54 Å². The summed E-state index contributed by atoms with van der Waals surface area (Å²) in [5, 5.41) is 3.39. The smallest absolute Gasteiger partial charge is 0.258 e. The van der Waals surface area contributed by atoms with Gasteiger partial charge in [0.05, 0.1) is 0 Å². The van der Waals surface area contributed by atoms with Crippen LogP contribution >= 0.6 is 0 Å². The number of benzene rings is 2. The van der Waals surface area contributed by atoms with Crippen molar-refractivity contribution >= 4 is 5.91 Å². The molecule has 0 saturated carbocycles. The van der Waals surface area contributed by atoms with Gasteiger partial charge in [-0.25, -0.2) is 0 Å². The number of nitrogens with one attached hydrogen (secondary N) is 1. The number of primary amides is 1. The van der Waals surface area contributed by atoms with E-state index in [1.807, 2.05) is 18.2 Å². The lowest BCUT2D eigenvalue weighted by atomic mass is 9.91. The molecular weight excluding hydrogens is 276 g/mol. The quantitative estimate of drug-likeness (QED) is 0.909. The lowest BCUT2D eigenvalue weighted by molar-refractivity contribution is -0.123. The molecule has 1 atom stereocenters. The maximum atomic E-state index is 11.1. The predicted molar refractivity (Wildman–Crippen MR) is 86.6 cm³/mol. The van der Waals surface area contributed by atoms with Gasteiger partial charge in [0.15, 0.2) is 6.10 Å². The monoisotopic (exact) mass is 296 g/mol. The molecule has 1 heterocycles. The van der Waals surface area contributed by atoms with Crippen molar-refractivity contribution in [1.82, 2.24) is 5.32 Å². The fourth-order valence-electron chi connectivity index (χ4n) is 2.80. The Bertz CT molecular complexity index is 697. The van der Waals surface area contributed by atoms with Crippen molar-refractivity contribution in [1.29, 1.82) is 0 Å². The van der Waals surface area contributed by atoms with E-state index >= 15 is 0 Å². The normalized spacial score (nSPS) is 15.0. The van der Waals surface area contributed by atoms with Crippen LogP contribution in [0.15, 0.2) is 42.5 Å². The largest absolute Gasteiger partial charge is 0.481 e. The highest BCUT2D eigenvalue weighted by molar-refractivity contribution is 5.79. The van der Waals surface area contributed by atoms with E-state index in [2.05, 4.69) is 29.6 Å². The second-order valence-electron chi connectivity index (χ2n) is 5.56. The number of carbonyl (C=O) groups is 1. The average molecular weight is 296 g/mol. The highest BCUT2D eigenvalue weighted by Crippen LogP contribution is 2.30. The Morgan fingerprint density at radius 1 is 1.27 bits per heavy atom. The van der Waals surface area contributed by atoms with Gasteiger partial charge in [-0.05, 0) is 54.3 Å². The van der Waals surface area contributed by atoms with Gasteiger partial charge in [-0.15, -0.1) is 0 Å². The Balaban J connectivity index is 1.94. The highest BCUT2D eigenvalue weighted by Gasteiger charge is 2.15. The fourth-order valence-corrected chi connectivity index (χ4v) is 2.80. The summed E-state index contributed by atoms with van der Waals surface area (Å²) in [5.74, 6) is 0.198. The SMILES string of the molecule is C[C@@H](Oc1cccc(-c2cccc3c2CCNC3)c1)C(N)=O. The van der Waals surface area contributed by atoms with Crippen LogP contribution in [0, 0.1) is 0 Å². The molecule has 0 saturated heterocycles. The zero-order valence-electron chi connectivity index (χ0n) is 12.6. The Hall–Kier alpha value is -2.33. The van der Waals surface area contributed by atoms with Crippen LogP contribution in [0.25, 0.3) is 11.1 Å². The van der Waals surface area contributed by atoms with Crippen LogP contribution in [0.1, 0.15) is 18.1 Å². The lowest BCUT2D eigenvalue weighted by Crippen LogP contribution is -2.30. The average Bonchev–Trinajstić information content (AvgIpc) is 2.54. The molecule has 1 aliphatic heterocycles. The minimum absolute atomic E-state index is 0.464. The summed E-state index contributed by atoms with van der Waals surface area (Å²) < 4.78 is 5.60. The Labute approximate surface area is 130 Å². The van der Waals surface area contributed by atoms with Crippen LogP contribution in [0.3, 0.4) is 0 Å². The van der Waals surface area contributed by atoms with E-state index in [4.69, 9.17) is 10.5 Å². The second kappa shape index (κ2) is 6.20. The van der Waals surface area contributed by atoms with Gasteiger partial charge in [0, 0.05) is 6.54 Å². The number of carbonyl (C=O) groups excluding carboxylic acids is 1. The standard InChI is InChI=1S/C18H20N2O2/c1-12(18(19)21)22-15-6-2-4-13(10-15)16-7-3-5-14-11-20-9-8-17(14)16/h2-7,10,12,20H,8-9,11H2,1H3,(H2,19,21)/t12-/m1/s1. The molecular formula is C18H20N2O2. The number of ether oxygens (including phenoxy) is 1. The van der Waals surface area contributed by atoms with Gasteiger partial charge >= 0.3 is 0 Å². The minimum Gasteiger partial charge on any atom is -0.481 e. The first-order chi connectivity index (χ1) is 10.6. The summed E-state index contributed by atoms with van der Waals surface area (Å²) in [5.41, 5.74) is 10.3.